The van der Waals surface area contributed by atoms with Crippen molar-refractivity contribution in [3.8, 4) is 0 Å². The van der Waals surface area contributed by atoms with E-state index in [0.717, 1.165) is 38.6 Å². The summed E-state index contributed by atoms with van der Waals surface area (Å²) in [6, 6.07) is 11.9. The summed E-state index contributed by atoms with van der Waals surface area (Å²) < 4.78 is 7.08. The Kier molecular flexibility index (Phi) is 6.06. The molecule has 2 aliphatic rings. The number of fused-ring (bicyclic) bond motifs is 1. The Labute approximate surface area is 209 Å². The number of hydrogen-bond acceptors (Lipinski definition) is 8. The summed E-state index contributed by atoms with van der Waals surface area (Å²) in [5, 5.41) is 5.45. The molecule has 0 aliphatic carbocycles. The van der Waals surface area contributed by atoms with E-state index in [4.69, 9.17) is 9.73 Å². The standard InChI is InChI=1S/C26H30N6O2S/c1-16-28-20-11-12-35-22(20)24(29-16)30-23-18-14-32(26(2,3)19(18)13-27-23)25(33)34-21(15-31(4)5)17-9-7-6-8-10-17/h6-12,21H,13-15H2,1-5H3,(H,27,28,29,30)/t21-/m1/s1. The quantitative estimate of drug-likeness (QED) is 0.560. The van der Waals surface area contributed by atoms with Crippen molar-refractivity contribution in [3.05, 3.63) is 64.3 Å². The number of nitrogens with one attached hydrogen (secondary N) is 1. The van der Waals surface area contributed by atoms with E-state index in [1.807, 2.05) is 72.6 Å². The normalized spacial score (nSPS) is 17.7. The van der Waals surface area contributed by atoms with Crippen LogP contribution in [0.4, 0.5) is 10.6 Å². The van der Waals surface area contributed by atoms with E-state index in [1.165, 1.54) is 0 Å². The fourth-order valence-corrected chi connectivity index (χ4v) is 5.50. The van der Waals surface area contributed by atoms with E-state index < -0.39 is 5.54 Å². The highest BCUT2D eigenvalue weighted by molar-refractivity contribution is 7.17. The lowest BCUT2D eigenvalue weighted by Crippen LogP contribution is -2.47. The maximum absolute atomic E-state index is 13.5. The number of aromatic nitrogens is 2. The van der Waals surface area contributed by atoms with Gasteiger partial charge in [-0.3, -0.25) is 9.89 Å². The fourth-order valence-electron chi connectivity index (χ4n) is 4.72. The molecule has 2 aliphatic heterocycles. The van der Waals surface area contributed by atoms with Crippen LogP contribution in [0.2, 0.25) is 0 Å². The van der Waals surface area contributed by atoms with Crippen molar-refractivity contribution in [2.75, 3.05) is 39.0 Å². The zero-order valence-corrected chi connectivity index (χ0v) is 21.5. The van der Waals surface area contributed by atoms with Gasteiger partial charge < -0.3 is 15.0 Å². The smallest absolute Gasteiger partial charge is 0.411 e. The van der Waals surface area contributed by atoms with Crippen molar-refractivity contribution in [2.45, 2.75) is 32.4 Å². The van der Waals surface area contributed by atoms with E-state index in [0.29, 0.717) is 25.5 Å². The third-order valence-corrected chi connectivity index (χ3v) is 7.50. The Morgan fingerprint density at radius 2 is 2.00 bits per heavy atom. The number of likely N-dealkylation sites (N-methyl/N-ethyl adjacent to an activating group) is 1. The van der Waals surface area contributed by atoms with Gasteiger partial charge in [-0.15, -0.1) is 11.3 Å². The Morgan fingerprint density at radius 1 is 1.23 bits per heavy atom. The van der Waals surface area contributed by atoms with Crippen molar-refractivity contribution in [3.63, 3.8) is 0 Å². The third-order valence-electron chi connectivity index (χ3n) is 6.59. The second-order valence-corrected chi connectivity index (χ2v) is 10.6. The topological polar surface area (TPSA) is 83.0 Å². The van der Waals surface area contributed by atoms with Gasteiger partial charge in [-0.2, -0.15) is 0 Å². The first kappa shape index (κ1) is 23.4. The second-order valence-electron chi connectivity index (χ2n) is 9.69. The predicted octanol–water partition coefficient (Wildman–Crippen LogP) is 4.65. The number of carbonyl (C=O) groups excluding carboxylic acids is 1. The van der Waals surface area contributed by atoms with Crippen LogP contribution in [0.25, 0.3) is 10.2 Å². The first-order chi connectivity index (χ1) is 16.7. The number of ether oxygens (including phenoxy) is 1. The Hall–Kier alpha value is -3.30. The number of aryl methyl sites for hydroxylation is 1. The molecular formula is C26H30N6O2S. The second kappa shape index (κ2) is 9.05. The molecule has 35 heavy (non-hydrogen) atoms. The van der Waals surface area contributed by atoms with Crippen molar-refractivity contribution >= 4 is 39.3 Å². The van der Waals surface area contributed by atoms with Crippen LogP contribution in [0.15, 0.2) is 57.9 Å². The molecule has 1 N–H and O–H groups in total. The van der Waals surface area contributed by atoms with E-state index in [2.05, 4.69) is 29.1 Å². The van der Waals surface area contributed by atoms with Crippen molar-refractivity contribution in [1.29, 1.82) is 0 Å². The number of amides is 1. The van der Waals surface area contributed by atoms with Crippen LogP contribution in [-0.2, 0) is 4.74 Å². The molecule has 1 aromatic carbocycles. The van der Waals surface area contributed by atoms with Crippen LogP contribution in [0.5, 0.6) is 0 Å². The summed E-state index contributed by atoms with van der Waals surface area (Å²) in [5.41, 5.74) is 3.57. The highest BCUT2D eigenvalue weighted by Crippen LogP contribution is 2.39. The summed E-state index contributed by atoms with van der Waals surface area (Å²) in [7, 11) is 3.96. The molecule has 1 atom stereocenters. The molecule has 3 aromatic rings. The molecule has 9 heteroatoms. The average molecular weight is 491 g/mol. The highest BCUT2D eigenvalue weighted by Gasteiger charge is 2.46. The molecule has 0 fully saturated rings. The lowest BCUT2D eigenvalue weighted by molar-refractivity contribution is 0.0383. The molecule has 0 saturated carbocycles. The van der Waals surface area contributed by atoms with E-state index in [1.54, 1.807) is 11.3 Å². The largest absolute Gasteiger partial charge is 0.440 e. The van der Waals surface area contributed by atoms with Gasteiger partial charge in [0.15, 0.2) is 5.82 Å². The lowest BCUT2D eigenvalue weighted by atomic mass is 9.94. The molecular weight excluding hydrogens is 460 g/mol. The Balaban J connectivity index is 1.36. The zero-order chi connectivity index (χ0) is 24.7. The molecule has 0 spiro atoms. The van der Waals surface area contributed by atoms with Gasteiger partial charge in [0.25, 0.3) is 0 Å². The molecule has 0 bridgehead atoms. The maximum Gasteiger partial charge on any atom is 0.411 e. The molecule has 0 unspecified atom stereocenters. The minimum absolute atomic E-state index is 0.321. The first-order valence-electron chi connectivity index (χ1n) is 11.7. The molecule has 182 valence electrons. The van der Waals surface area contributed by atoms with Gasteiger partial charge >= 0.3 is 6.09 Å². The number of anilines is 1. The van der Waals surface area contributed by atoms with Crippen molar-refractivity contribution in [2.24, 2.45) is 4.99 Å². The zero-order valence-electron chi connectivity index (χ0n) is 20.7. The maximum atomic E-state index is 13.5. The average Bonchev–Trinajstić information content (AvgIpc) is 3.50. The van der Waals surface area contributed by atoms with Crippen LogP contribution in [0.1, 0.15) is 31.3 Å². The minimum Gasteiger partial charge on any atom is -0.440 e. The van der Waals surface area contributed by atoms with Crippen molar-refractivity contribution < 1.29 is 9.53 Å². The number of carbonyl (C=O) groups is 1. The number of rotatable bonds is 5. The third kappa shape index (κ3) is 4.41. The lowest BCUT2D eigenvalue weighted by Gasteiger charge is -2.35. The number of benzene rings is 1. The molecule has 0 radical (unpaired) electrons. The molecule has 8 nitrogen and oxygen atoms in total. The monoisotopic (exact) mass is 490 g/mol. The fraction of sp³-hybridized carbons (Fsp3) is 0.385. The number of amidine groups is 1. The summed E-state index contributed by atoms with van der Waals surface area (Å²) in [5.74, 6) is 2.23. The van der Waals surface area contributed by atoms with Crippen LogP contribution >= 0.6 is 11.3 Å². The van der Waals surface area contributed by atoms with Gasteiger partial charge in [-0.25, -0.2) is 14.8 Å². The predicted molar refractivity (Wildman–Crippen MR) is 140 cm³/mol. The molecule has 4 heterocycles. The Morgan fingerprint density at radius 3 is 2.74 bits per heavy atom. The SMILES string of the molecule is Cc1nc(NC2=NCC3=C2CN(C(=O)O[C@H](CN(C)C)c2ccccc2)C3(C)C)c2sccc2n1. The van der Waals surface area contributed by atoms with Gasteiger partial charge in [-0.1, -0.05) is 30.3 Å². The Bertz CT molecular complexity index is 1330. The highest BCUT2D eigenvalue weighted by atomic mass is 32.1. The van der Waals surface area contributed by atoms with Crippen LogP contribution in [-0.4, -0.2) is 71.0 Å². The van der Waals surface area contributed by atoms with Gasteiger partial charge in [0.1, 0.15) is 17.8 Å². The summed E-state index contributed by atoms with van der Waals surface area (Å²) in [4.78, 5) is 31.2. The van der Waals surface area contributed by atoms with Gasteiger partial charge in [0.05, 0.1) is 28.8 Å². The van der Waals surface area contributed by atoms with E-state index >= 15 is 0 Å². The van der Waals surface area contributed by atoms with E-state index in [-0.39, 0.29) is 12.2 Å². The summed E-state index contributed by atoms with van der Waals surface area (Å²) in [6.07, 6.45) is -0.676. The van der Waals surface area contributed by atoms with Gasteiger partial charge in [0.2, 0.25) is 0 Å². The molecule has 5 rings (SSSR count). The van der Waals surface area contributed by atoms with Crippen LogP contribution in [0, 0.1) is 6.92 Å². The number of aliphatic imine (C=N–C) groups is 1. The van der Waals surface area contributed by atoms with Gasteiger partial charge in [0, 0.05) is 12.1 Å². The molecule has 1 amide bonds. The summed E-state index contributed by atoms with van der Waals surface area (Å²) >= 11 is 1.60. The van der Waals surface area contributed by atoms with Crippen molar-refractivity contribution in [1.82, 2.24) is 19.8 Å². The summed E-state index contributed by atoms with van der Waals surface area (Å²) in [6.45, 7) is 7.60. The van der Waals surface area contributed by atoms with Crippen LogP contribution < -0.4 is 5.32 Å². The number of hydrogen-bond donors (Lipinski definition) is 1. The van der Waals surface area contributed by atoms with E-state index in [9.17, 15) is 4.79 Å². The first-order valence-corrected chi connectivity index (χ1v) is 12.6. The van der Waals surface area contributed by atoms with Crippen LogP contribution in [0.3, 0.4) is 0 Å². The number of nitrogens with zero attached hydrogens (tertiary/aromatic N) is 5. The molecule has 2 aromatic heterocycles. The van der Waals surface area contributed by atoms with Gasteiger partial charge in [-0.05, 0) is 57.4 Å². The number of thiophene rings is 1. The minimum atomic E-state index is -0.501. The molecule has 0 saturated heterocycles.